The molecule has 0 aliphatic heterocycles. The fraction of sp³-hybridized carbons (Fsp3) is 0.0588. The molecule has 20 heavy (non-hydrogen) atoms. The Balaban J connectivity index is 2.21. The molecule has 2 rings (SSSR count). The van der Waals surface area contributed by atoms with E-state index < -0.39 is 0 Å². The van der Waals surface area contributed by atoms with Gasteiger partial charge in [0.25, 0.3) is 0 Å². The van der Waals surface area contributed by atoms with Crippen LogP contribution in [0.25, 0.3) is 0 Å². The van der Waals surface area contributed by atoms with Crippen molar-refractivity contribution in [2.24, 2.45) is 0 Å². The molecule has 0 aromatic heterocycles. The van der Waals surface area contributed by atoms with Gasteiger partial charge >= 0.3 is 0 Å². The van der Waals surface area contributed by atoms with Crippen LogP contribution in [-0.2, 0) is 6.61 Å². The molecule has 94 valence electrons. The van der Waals surface area contributed by atoms with Crippen LogP contribution in [0.4, 0.5) is 0 Å². The van der Waals surface area contributed by atoms with Crippen molar-refractivity contribution < 1.29 is 4.74 Å². The van der Waals surface area contributed by atoms with Crippen molar-refractivity contribution in [3.8, 4) is 29.7 Å². The van der Waals surface area contributed by atoms with Gasteiger partial charge in [-0.25, -0.2) is 0 Å². The van der Waals surface area contributed by atoms with Crippen molar-refractivity contribution in [3.05, 3.63) is 65.2 Å². The number of hydrogen-bond donors (Lipinski definition) is 0. The third-order valence-corrected chi connectivity index (χ3v) is 2.60. The van der Waals surface area contributed by atoms with Crippen LogP contribution in [0, 0.1) is 34.5 Å². The molecule has 0 fully saturated rings. The molecule has 0 atom stereocenters. The molecule has 0 amide bonds. The maximum absolute atomic E-state index is 9.06. The number of nitrogens with zero attached hydrogens (tertiary/aromatic N) is 2. The first kappa shape index (κ1) is 13.2. The highest BCUT2D eigenvalue weighted by atomic mass is 16.5. The first-order valence-electron chi connectivity index (χ1n) is 5.94. The Kier molecular flexibility index (Phi) is 4.39. The van der Waals surface area contributed by atoms with Gasteiger partial charge < -0.3 is 4.74 Å². The normalized spacial score (nSPS) is 8.70. The number of benzene rings is 2. The van der Waals surface area contributed by atoms with E-state index in [0.29, 0.717) is 23.5 Å². The molecule has 2 aromatic carbocycles. The number of rotatable bonds is 3. The minimum atomic E-state index is 0.380. The summed E-state index contributed by atoms with van der Waals surface area (Å²) in [7, 11) is 0. The molecule has 0 aliphatic rings. The Labute approximate surface area is 117 Å². The third kappa shape index (κ3) is 3.39. The molecule has 0 spiro atoms. The van der Waals surface area contributed by atoms with Gasteiger partial charge in [-0.2, -0.15) is 10.5 Å². The second-order valence-electron chi connectivity index (χ2n) is 3.96. The molecule has 3 nitrogen and oxygen atoms in total. The van der Waals surface area contributed by atoms with Gasteiger partial charge in [0.05, 0.1) is 5.56 Å². The molecule has 2 aromatic rings. The Hall–Kier alpha value is -3.22. The molecule has 0 heterocycles. The van der Waals surface area contributed by atoms with E-state index in [2.05, 4.69) is 17.9 Å². The highest BCUT2D eigenvalue weighted by molar-refractivity contribution is 5.50. The average molecular weight is 258 g/mol. The summed E-state index contributed by atoms with van der Waals surface area (Å²) in [5, 5.41) is 17.5. The van der Waals surface area contributed by atoms with Crippen molar-refractivity contribution in [3.63, 3.8) is 0 Å². The minimum absolute atomic E-state index is 0.380. The standard InChI is InChI=1S/C17H10N2O/c18-10-4-7-14-8-9-16(12-19)17(11-14)20-13-15-5-2-1-3-6-15/h1-3,5-6,8-9,11H,13H2. The maximum atomic E-state index is 9.06. The van der Waals surface area contributed by atoms with Gasteiger partial charge in [0, 0.05) is 11.5 Å². The zero-order valence-corrected chi connectivity index (χ0v) is 10.6. The quantitative estimate of drug-likeness (QED) is 0.795. The molecule has 0 N–H and O–H groups in total. The van der Waals surface area contributed by atoms with Crippen molar-refractivity contribution >= 4 is 0 Å². The fourth-order valence-electron chi connectivity index (χ4n) is 1.65. The Morgan fingerprint density at radius 2 is 1.80 bits per heavy atom. The monoisotopic (exact) mass is 258 g/mol. The zero-order chi connectivity index (χ0) is 14.2. The number of nitriles is 2. The van der Waals surface area contributed by atoms with Gasteiger partial charge in [0.15, 0.2) is 6.07 Å². The van der Waals surface area contributed by atoms with Crippen molar-refractivity contribution in [1.29, 1.82) is 10.5 Å². The first-order valence-corrected chi connectivity index (χ1v) is 5.94. The number of ether oxygens (including phenoxy) is 1. The van der Waals surface area contributed by atoms with E-state index in [1.54, 1.807) is 24.3 Å². The average Bonchev–Trinajstić information content (AvgIpc) is 2.52. The lowest BCUT2D eigenvalue weighted by Crippen LogP contribution is -1.97. The van der Waals surface area contributed by atoms with Gasteiger partial charge in [-0.3, -0.25) is 0 Å². The molecule has 0 aliphatic carbocycles. The second-order valence-corrected chi connectivity index (χ2v) is 3.96. The smallest absolute Gasteiger partial charge is 0.152 e. The summed E-state index contributed by atoms with van der Waals surface area (Å²) in [6.45, 7) is 0.380. The Bertz CT molecular complexity index is 741. The van der Waals surface area contributed by atoms with E-state index in [-0.39, 0.29) is 0 Å². The van der Waals surface area contributed by atoms with E-state index in [1.165, 1.54) is 0 Å². The molecule has 3 heteroatoms. The van der Waals surface area contributed by atoms with E-state index in [9.17, 15) is 0 Å². The molecular formula is C17H10N2O. The molecule has 0 saturated heterocycles. The Morgan fingerprint density at radius 3 is 2.50 bits per heavy atom. The van der Waals surface area contributed by atoms with E-state index in [4.69, 9.17) is 15.3 Å². The fourth-order valence-corrected chi connectivity index (χ4v) is 1.65. The summed E-state index contributed by atoms with van der Waals surface area (Å²) in [4.78, 5) is 0. The molecular weight excluding hydrogens is 248 g/mol. The predicted octanol–water partition coefficient (Wildman–Crippen LogP) is 3.01. The summed E-state index contributed by atoms with van der Waals surface area (Å²) < 4.78 is 5.66. The summed E-state index contributed by atoms with van der Waals surface area (Å²) in [6.07, 6.45) is 0. The highest BCUT2D eigenvalue weighted by Crippen LogP contribution is 2.20. The maximum Gasteiger partial charge on any atom is 0.152 e. The lowest BCUT2D eigenvalue weighted by molar-refractivity contribution is 0.305. The van der Waals surface area contributed by atoms with Crippen LogP contribution in [-0.4, -0.2) is 0 Å². The molecule has 0 saturated carbocycles. The molecule has 0 bridgehead atoms. The lowest BCUT2D eigenvalue weighted by Gasteiger charge is -2.08. The SMILES string of the molecule is N#CC#Cc1ccc(C#N)c(OCc2ccccc2)c1. The number of hydrogen-bond acceptors (Lipinski definition) is 3. The topological polar surface area (TPSA) is 56.8 Å². The predicted molar refractivity (Wildman–Crippen MR) is 74.4 cm³/mol. The van der Waals surface area contributed by atoms with E-state index in [1.807, 2.05) is 30.3 Å². The van der Waals surface area contributed by atoms with Gasteiger partial charge in [-0.05, 0) is 23.8 Å². The molecule has 0 radical (unpaired) electrons. The Morgan fingerprint density at radius 1 is 1.00 bits per heavy atom. The largest absolute Gasteiger partial charge is 0.487 e. The van der Waals surface area contributed by atoms with Crippen molar-refractivity contribution in [2.75, 3.05) is 0 Å². The van der Waals surface area contributed by atoms with Crippen LogP contribution >= 0.6 is 0 Å². The summed E-state index contributed by atoms with van der Waals surface area (Å²) in [5.74, 6) is 5.48. The lowest BCUT2D eigenvalue weighted by atomic mass is 10.1. The highest BCUT2D eigenvalue weighted by Gasteiger charge is 2.04. The van der Waals surface area contributed by atoms with Gasteiger partial charge in [0.2, 0.25) is 0 Å². The van der Waals surface area contributed by atoms with Crippen LogP contribution < -0.4 is 4.74 Å². The summed E-state index contributed by atoms with van der Waals surface area (Å²) in [6, 6.07) is 18.5. The van der Waals surface area contributed by atoms with Crippen LogP contribution in [0.2, 0.25) is 0 Å². The van der Waals surface area contributed by atoms with Crippen LogP contribution in [0.15, 0.2) is 48.5 Å². The van der Waals surface area contributed by atoms with Gasteiger partial charge in [-0.1, -0.05) is 36.3 Å². The van der Waals surface area contributed by atoms with Crippen LogP contribution in [0.1, 0.15) is 16.7 Å². The summed E-state index contributed by atoms with van der Waals surface area (Å²) in [5.41, 5.74) is 2.11. The third-order valence-electron chi connectivity index (χ3n) is 2.60. The first-order chi connectivity index (χ1) is 9.83. The van der Waals surface area contributed by atoms with Crippen molar-refractivity contribution in [2.45, 2.75) is 6.61 Å². The second kappa shape index (κ2) is 6.64. The zero-order valence-electron chi connectivity index (χ0n) is 10.6. The van der Waals surface area contributed by atoms with Crippen LogP contribution in [0.3, 0.4) is 0 Å². The van der Waals surface area contributed by atoms with E-state index in [0.717, 1.165) is 5.56 Å². The van der Waals surface area contributed by atoms with Crippen LogP contribution in [0.5, 0.6) is 5.75 Å². The van der Waals surface area contributed by atoms with Gasteiger partial charge in [-0.15, -0.1) is 0 Å². The van der Waals surface area contributed by atoms with Gasteiger partial charge in [0.1, 0.15) is 18.4 Å². The minimum Gasteiger partial charge on any atom is -0.487 e. The molecule has 0 unspecified atom stereocenters. The van der Waals surface area contributed by atoms with E-state index >= 15 is 0 Å². The summed E-state index contributed by atoms with van der Waals surface area (Å²) >= 11 is 0. The van der Waals surface area contributed by atoms with Crippen molar-refractivity contribution in [1.82, 2.24) is 0 Å².